The zero-order valence-corrected chi connectivity index (χ0v) is 12.0. The largest absolute Gasteiger partial charge is 0.491 e. The molecule has 0 radical (unpaired) electrons. The van der Waals surface area contributed by atoms with Crippen LogP contribution in [0.15, 0.2) is 48.5 Å². The van der Waals surface area contributed by atoms with Gasteiger partial charge in [0.15, 0.2) is 0 Å². The molecule has 3 nitrogen and oxygen atoms in total. The van der Waals surface area contributed by atoms with Crippen molar-refractivity contribution in [2.24, 2.45) is 0 Å². The molecular formula is C17H21NO2. The predicted octanol–water partition coefficient (Wildman–Crippen LogP) is 3.54. The molecule has 0 saturated carbocycles. The van der Waals surface area contributed by atoms with Crippen molar-refractivity contribution in [3.05, 3.63) is 59.7 Å². The van der Waals surface area contributed by atoms with E-state index in [1.54, 1.807) is 0 Å². The molecule has 2 aromatic rings. The van der Waals surface area contributed by atoms with Crippen LogP contribution >= 0.6 is 0 Å². The summed E-state index contributed by atoms with van der Waals surface area (Å²) >= 11 is 0. The molecule has 2 rings (SSSR count). The summed E-state index contributed by atoms with van der Waals surface area (Å²) in [7, 11) is 0. The van der Waals surface area contributed by atoms with Crippen molar-refractivity contribution >= 4 is 5.69 Å². The summed E-state index contributed by atoms with van der Waals surface area (Å²) in [4.78, 5) is 0. The van der Waals surface area contributed by atoms with E-state index in [4.69, 9.17) is 9.84 Å². The van der Waals surface area contributed by atoms with Gasteiger partial charge in [0.05, 0.1) is 6.61 Å². The first-order chi connectivity index (χ1) is 9.69. The predicted molar refractivity (Wildman–Crippen MR) is 82.2 cm³/mol. The van der Waals surface area contributed by atoms with Crippen LogP contribution in [0.1, 0.15) is 24.1 Å². The normalized spacial score (nSPS) is 11.9. The van der Waals surface area contributed by atoms with Gasteiger partial charge in [-0.05, 0) is 43.7 Å². The Labute approximate surface area is 120 Å². The van der Waals surface area contributed by atoms with Crippen molar-refractivity contribution < 1.29 is 9.84 Å². The number of benzene rings is 2. The van der Waals surface area contributed by atoms with Crippen molar-refractivity contribution in [3.63, 3.8) is 0 Å². The van der Waals surface area contributed by atoms with Crippen molar-refractivity contribution in [2.45, 2.75) is 19.9 Å². The highest BCUT2D eigenvalue weighted by molar-refractivity contribution is 5.48. The van der Waals surface area contributed by atoms with Gasteiger partial charge in [-0.3, -0.25) is 0 Å². The lowest BCUT2D eigenvalue weighted by atomic mass is 10.1. The van der Waals surface area contributed by atoms with Crippen molar-refractivity contribution in [2.75, 3.05) is 18.5 Å². The van der Waals surface area contributed by atoms with Gasteiger partial charge in [-0.25, -0.2) is 0 Å². The van der Waals surface area contributed by atoms with Crippen LogP contribution in [-0.4, -0.2) is 18.3 Å². The summed E-state index contributed by atoms with van der Waals surface area (Å²) in [6.07, 6.45) is 0. The van der Waals surface area contributed by atoms with Gasteiger partial charge >= 0.3 is 0 Å². The van der Waals surface area contributed by atoms with Crippen LogP contribution < -0.4 is 10.1 Å². The van der Waals surface area contributed by atoms with Crippen LogP contribution in [0.5, 0.6) is 5.75 Å². The Kier molecular flexibility index (Phi) is 5.02. The van der Waals surface area contributed by atoms with Gasteiger partial charge in [0, 0.05) is 11.7 Å². The molecule has 0 saturated heterocycles. The zero-order valence-electron chi connectivity index (χ0n) is 12.0. The Morgan fingerprint density at radius 2 is 1.90 bits per heavy atom. The maximum absolute atomic E-state index is 8.71. The molecule has 0 aliphatic heterocycles. The molecule has 0 bridgehead atoms. The van der Waals surface area contributed by atoms with E-state index in [1.165, 1.54) is 11.1 Å². The number of aliphatic hydroxyl groups is 1. The van der Waals surface area contributed by atoms with Crippen LogP contribution in [0.4, 0.5) is 5.69 Å². The molecule has 1 unspecified atom stereocenters. The highest BCUT2D eigenvalue weighted by atomic mass is 16.5. The standard InChI is InChI=1S/C17H21NO2/c1-13-4-3-5-15(12-13)14(2)18-16-6-8-17(9-7-16)20-11-10-19/h3-9,12,14,18-19H,10-11H2,1-2H3. The fourth-order valence-electron chi connectivity index (χ4n) is 2.08. The van der Waals surface area contributed by atoms with Crippen LogP contribution in [0.2, 0.25) is 0 Å². The number of aliphatic hydroxyl groups excluding tert-OH is 1. The summed E-state index contributed by atoms with van der Waals surface area (Å²) in [5, 5.41) is 12.2. The lowest BCUT2D eigenvalue weighted by Crippen LogP contribution is -2.07. The summed E-state index contributed by atoms with van der Waals surface area (Å²) < 4.78 is 5.34. The Morgan fingerprint density at radius 1 is 1.15 bits per heavy atom. The average Bonchev–Trinajstić information content (AvgIpc) is 2.46. The minimum Gasteiger partial charge on any atom is -0.491 e. The SMILES string of the molecule is Cc1cccc(C(C)Nc2ccc(OCCO)cc2)c1. The van der Waals surface area contributed by atoms with Gasteiger partial charge in [-0.1, -0.05) is 29.8 Å². The molecule has 106 valence electrons. The minimum absolute atomic E-state index is 0.0321. The molecule has 0 aliphatic carbocycles. The van der Waals surface area contributed by atoms with E-state index in [1.807, 2.05) is 24.3 Å². The molecule has 0 aromatic heterocycles. The fraction of sp³-hybridized carbons (Fsp3) is 0.294. The molecule has 3 heteroatoms. The smallest absolute Gasteiger partial charge is 0.119 e. The Hall–Kier alpha value is -2.00. The molecule has 0 heterocycles. The molecule has 2 N–H and O–H groups in total. The monoisotopic (exact) mass is 271 g/mol. The second-order valence-electron chi connectivity index (χ2n) is 4.88. The molecule has 0 fully saturated rings. The average molecular weight is 271 g/mol. The van der Waals surface area contributed by atoms with Gasteiger partial charge in [-0.15, -0.1) is 0 Å². The third kappa shape index (κ3) is 4.00. The number of nitrogens with one attached hydrogen (secondary N) is 1. The number of rotatable bonds is 6. The molecular weight excluding hydrogens is 250 g/mol. The molecule has 1 atom stereocenters. The first-order valence-electron chi connectivity index (χ1n) is 6.86. The quantitative estimate of drug-likeness (QED) is 0.844. The minimum atomic E-state index is 0.0321. The van der Waals surface area contributed by atoms with E-state index in [0.29, 0.717) is 6.61 Å². The third-order valence-corrected chi connectivity index (χ3v) is 3.14. The van der Waals surface area contributed by atoms with E-state index in [9.17, 15) is 0 Å². The van der Waals surface area contributed by atoms with Crippen molar-refractivity contribution in [3.8, 4) is 5.75 Å². The number of anilines is 1. The van der Waals surface area contributed by atoms with Crippen LogP contribution in [0, 0.1) is 6.92 Å². The van der Waals surface area contributed by atoms with E-state index >= 15 is 0 Å². The lowest BCUT2D eigenvalue weighted by molar-refractivity contribution is 0.201. The van der Waals surface area contributed by atoms with Crippen molar-refractivity contribution in [1.82, 2.24) is 0 Å². The number of aryl methyl sites for hydroxylation is 1. The van der Waals surface area contributed by atoms with Gasteiger partial charge in [0.25, 0.3) is 0 Å². The second kappa shape index (κ2) is 6.96. The van der Waals surface area contributed by atoms with Gasteiger partial charge < -0.3 is 15.2 Å². The fourth-order valence-corrected chi connectivity index (χ4v) is 2.08. The second-order valence-corrected chi connectivity index (χ2v) is 4.88. The van der Waals surface area contributed by atoms with Crippen molar-refractivity contribution in [1.29, 1.82) is 0 Å². The number of ether oxygens (including phenoxy) is 1. The lowest BCUT2D eigenvalue weighted by Gasteiger charge is -2.16. The van der Waals surface area contributed by atoms with E-state index in [-0.39, 0.29) is 12.6 Å². The highest BCUT2D eigenvalue weighted by Gasteiger charge is 2.05. The molecule has 0 aliphatic rings. The first-order valence-corrected chi connectivity index (χ1v) is 6.86. The Balaban J connectivity index is 1.99. The maximum Gasteiger partial charge on any atom is 0.119 e. The van der Waals surface area contributed by atoms with E-state index in [0.717, 1.165) is 11.4 Å². The first kappa shape index (κ1) is 14.4. The number of hydrogen-bond donors (Lipinski definition) is 2. The summed E-state index contributed by atoms with van der Waals surface area (Å²) in [5.74, 6) is 0.771. The Bertz CT molecular complexity index is 537. The Morgan fingerprint density at radius 3 is 2.55 bits per heavy atom. The molecule has 0 amide bonds. The van der Waals surface area contributed by atoms with Crippen LogP contribution in [0.25, 0.3) is 0 Å². The van der Waals surface area contributed by atoms with E-state index < -0.39 is 0 Å². The zero-order chi connectivity index (χ0) is 14.4. The molecule has 0 spiro atoms. The topological polar surface area (TPSA) is 41.5 Å². The summed E-state index contributed by atoms with van der Waals surface area (Å²) in [5.41, 5.74) is 3.59. The molecule has 2 aromatic carbocycles. The molecule has 20 heavy (non-hydrogen) atoms. The van der Waals surface area contributed by atoms with Gasteiger partial charge in [0.2, 0.25) is 0 Å². The third-order valence-electron chi connectivity index (χ3n) is 3.14. The summed E-state index contributed by atoms with van der Waals surface area (Å²) in [6.45, 7) is 4.60. The van der Waals surface area contributed by atoms with Gasteiger partial charge in [0.1, 0.15) is 12.4 Å². The van der Waals surface area contributed by atoms with Crippen LogP contribution in [-0.2, 0) is 0 Å². The summed E-state index contributed by atoms with van der Waals surface area (Å²) in [6, 6.07) is 16.5. The van der Waals surface area contributed by atoms with E-state index in [2.05, 4.69) is 43.4 Å². The maximum atomic E-state index is 8.71. The van der Waals surface area contributed by atoms with Crippen LogP contribution in [0.3, 0.4) is 0 Å². The number of hydrogen-bond acceptors (Lipinski definition) is 3. The van der Waals surface area contributed by atoms with Gasteiger partial charge in [-0.2, -0.15) is 0 Å². The highest BCUT2D eigenvalue weighted by Crippen LogP contribution is 2.22.